The predicted molar refractivity (Wildman–Crippen MR) is 108 cm³/mol. The summed E-state index contributed by atoms with van der Waals surface area (Å²) in [7, 11) is 0. The third kappa shape index (κ3) is 3.07. The van der Waals surface area contributed by atoms with Gasteiger partial charge >= 0.3 is 0 Å². The zero-order valence-corrected chi connectivity index (χ0v) is 16.8. The molecule has 2 aliphatic rings. The smallest absolute Gasteiger partial charge is 0.199 e. The molecule has 5 rings (SSSR count). The first-order valence-corrected chi connectivity index (χ1v) is 10.4. The number of pyridine rings is 1. The minimum Gasteiger partial charge on any atom is -0.382 e. The number of hydrogen-bond donors (Lipinski definition) is 1. The minimum atomic E-state index is 0.309. The van der Waals surface area contributed by atoms with Crippen molar-refractivity contribution in [1.82, 2.24) is 24.6 Å². The summed E-state index contributed by atoms with van der Waals surface area (Å²) in [5.74, 6) is 1.18. The number of nitrogen functional groups attached to an aromatic ring is 1. The molecule has 0 aliphatic carbocycles. The molecule has 3 aromatic rings. The molecule has 0 saturated carbocycles. The molecule has 2 fully saturated rings. The Kier molecular flexibility index (Phi) is 4.53. The van der Waals surface area contributed by atoms with Crippen molar-refractivity contribution in [3.63, 3.8) is 0 Å². The Hall–Kier alpha value is -2.10. The first-order valence-electron chi connectivity index (χ1n) is 9.25. The van der Waals surface area contributed by atoms with Gasteiger partial charge in [-0.2, -0.15) is 5.10 Å². The normalized spacial score (nSPS) is 19.0. The van der Waals surface area contributed by atoms with E-state index in [-0.39, 0.29) is 0 Å². The zero-order valence-electron chi connectivity index (χ0n) is 15.2. The largest absolute Gasteiger partial charge is 0.382 e. The molecule has 1 spiro atoms. The summed E-state index contributed by atoms with van der Waals surface area (Å²) >= 11 is 7.73. The Labute approximate surface area is 171 Å². The van der Waals surface area contributed by atoms with Gasteiger partial charge in [-0.25, -0.2) is 19.5 Å². The first kappa shape index (κ1) is 18.0. The van der Waals surface area contributed by atoms with Crippen LogP contribution in [0.4, 0.5) is 11.6 Å². The van der Waals surface area contributed by atoms with Crippen LogP contribution in [-0.2, 0) is 4.74 Å². The van der Waals surface area contributed by atoms with Gasteiger partial charge in [-0.3, -0.25) is 0 Å². The quantitative estimate of drug-likeness (QED) is 0.695. The molecule has 146 valence electrons. The lowest BCUT2D eigenvalue weighted by molar-refractivity contribution is 0.133. The van der Waals surface area contributed by atoms with Crippen LogP contribution in [0.2, 0.25) is 5.02 Å². The van der Waals surface area contributed by atoms with Gasteiger partial charge in [-0.05, 0) is 30.7 Å². The van der Waals surface area contributed by atoms with Crippen LogP contribution < -0.4 is 10.6 Å². The van der Waals surface area contributed by atoms with Crippen LogP contribution in [0.15, 0.2) is 34.7 Å². The molecule has 8 nitrogen and oxygen atoms in total. The highest BCUT2D eigenvalue weighted by molar-refractivity contribution is 7.99. The summed E-state index contributed by atoms with van der Waals surface area (Å²) in [6.07, 6.45) is 8.43. The van der Waals surface area contributed by atoms with Crippen molar-refractivity contribution in [2.75, 3.05) is 36.9 Å². The van der Waals surface area contributed by atoms with Gasteiger partial charge in [0, 0.05) is 30.8 Å². The van der Waals surface area contributed by atoms with Crippen LogP contribution in [0, 0.1) is 5.41 Å². The average Bonchev–Trinajstić information content (AvgIpc) is 3.37. The summed E-state index contributed by atoms with van der Waals surface area (Å²) in [6.45, 7) is 3.69. The van der Waals surface area contributed by atoms with Crippen LogP contribution in [0.3, 0.4) is 0 Å². The Morgan fingerprint density at radius 2 is 2.04 bits per heavy atom. The van der Waals surface area contributed by atoms with E-state index in [2.05, 4.69) is 20.0 Å². The van der Waals surface area contributed by atoms with Gasteiger partial charge in [0.1, 0.15) is 17.2 Å². The lowest BCUT2D eigenvalue weighted by atomic mass is 9.78. The van der Waals surface area contributed by atoms with E-state index in [0.29, 0.717) is 16.3 Å². The second-order valence-electron chi connectivity index (χ2n) is 7.32. The van der Waals surface area contributed by atoms with Crippen LogP contribution in [0.25, 0.3) is 5.65 Å². The summed E-state index contributed by atoms with van der Waals surface area (Å²) in [5, 5.41) is 5.66. The molecule has 2 aliphatic heterocycles. The summed E-state index contributed by atoms with van der Waals surface area (Å²) in [5.41, 5.74) is 6.92. The van der Waals surface area contributed by atoms with Crippen molar-refractivity contribution in [3.05, 3.63) is 29.8 Å². The number of anilines is 2. The molecule has 10 heteroatoms. The van der Waals surface area contributed by atoms with Crippen molar-refractivity contribution in [2.24, 2.45) is 5.41 Å². The maximum atomic E-state index is 6.29. The highest BCUT2D eigenvalue weighted by Crippen LogP contribution is 2.41. The maximum Gasteiger partial charge on any atom is 0.199 e. The van der Waals surface area contributed by atoms with Gasteiger partial charge < -0.3 is 15.4 Å². The van der Waals surface area contributed by atoms with Gasteiger partial charge in [0.2, 0.25) is 0 Å². The molecule has 0 aromatic carbocycles. The van der Waals surface area contributed by atoms with Crippen molar-refractivity contribution in [2.45, 2.75) is 29.2 Å². The van der Waals surface area contributed by atoms with E-state index in [1.807, 2.05) is 16.8 Å². The number of aromatic nitrogens is 5. The van der Waals surface area contributed by atoms with E-state index in [4.69, 9.17) is 27.1 Å². The van der Waals surface area contributed by atoms with E-state index >= 15 is 0 Å². The van der Waals surface area contributed by atoms with Gasteiger partial charge in [0.25, 0.3) is 0 Å². The van der Waals surface area contributed by atoms with Crippen LogP contribution in [0.5, 0.6) is 0 Å². The van der Waals surface area contributed by atoms with Gasteiger partial charge in [-0.1, -0.05) is 23.4 Å². The van der Waals surface area contributed by atoms with Crippen LogP contribution in [0.1, 0.15) is 19.3 Å². The van der Waals surface area contributed by atoms with E-state index in [9.17, 15) is 0 Å². The molecule has 2 N–H and O–H groups in total. The second kappa shape index (κ2) is 7.06. The van der Waals surface area contributed by atoms with E-state index < -0.39 is 0 Å². The average molecular weight is 418 g/mol. The summed E-state index contributed by atoms with van der Waals surface area (Å²) in [4.78, 5) is 16.3. The molecule has 0 unspecified atom stereocenters. The highest BCUT2D eigenvalue weighted by Gasteiger charge is 2.38. The second-order valence-corrected chi connectivity index (χ2v) is 8.76. The van der Waals surface area contributed by atoms with E-state index in [0.717, 1.165) is 60.5 Å². The number of fused-ring (bicyclic) bond motifs is 1. The van der Waals surface area contributed by atoms with Gasteiger partial charge in [0.15, 0.2) is 11.5 Å². The monoisotopic (exact) mass is 417 g/mol. The molecule has 0 radical (unpaired) electrons. The summed E-state index contributed by atoms with van der Waals surface area (Å²) in [6, 6.07) is 1.83. The highest BCUT2D eigenvalue weighted by atomic mass is 35.5. The molecule has 3 aromatic heterocycles. The lowest BCUT2D eigenvalue weighted by Gasteiger charge is -2.38. The van der Waals surface area contributed by atoms with Crippen LogP contribution in [-0.4, -0.2) is 50.9 Å². The van der Waals surface area contributed by atoms with Crippen molar-refractivity contribution < 1.29 is 4.74 Å². The number of nitrogens with zero attached hydrogens (tertiary/aromatic N) is 6. The number of piperidine rings is 1. The molecule has 0 amide bonds. The molecule has 28 heavy (non-hydrogen) atoms. The molecule has 2 saturated heterocycles. The fourth-order valence-electron chi connectivity index (χ4n) is 3.95. The SMILES string of the molecule is Nc1nccc(Sc2cnc(N3CCC4(CCOC4)CC3)c3ncnn23)c1Cl. The fourth-order valence-corrected chi connectivity index (χ4v) is 5.05. The number of ether oxygens (including phenoxy) is 1. The van der Waals surface area contributed by atoms with Gasteiger partial charge in [-0.15, -0.1) is 0 Å². The molecular weight excluding hydrogens is 398 g/mol. The Morgan fingerprint density at radius 3 is 2.82 bits per heavy atom. The summed E-state index contributed by atoms with van der Waals surface area (Å²) < 4.78 is 7.45. The molecular formula is C18H20ClN7OS. The number of rotatable bonds is 3. The standard InChI is InChI=1S/C18H20ClN7OS/c19-14-12(1-5-21-15(14)20)28-13-9-22-16(17-23-11-24-26(13)17)25-6-2-18(3-7-25)4-8-27-10-18/h1,5,9,11H,2-4,6-8,10H2,(H2,20,21). The van der Waals surface area contributed by atoms with Crippen molar-refractivity contribution in [3.8, 4) is 0 Å². The minimum absolute atomic E-state index is 0.309. The van der Waals surface area contributed by atoms with Crippen molar-refractivity contribution >= 4 is 40.6 Å². The Bertz CT molecular complexity index is 1010. The van der Waals surface area contributed by atoms with Crippen molar-refractivity contribution in [1.29, 1.82) is 0 Å². The number of halogens is 1. The molecule has 0 atom stereocenters. The first-order chi connectivity index (χ1) is 13.7. The number of hydrogen-bond acceptors (Lipinski definition) is 8. The Balaban J connectivity index is 1.43. The third-order valence-electron chi connectivity index (χ3n) is 5.66. The Morgan fingerprint density at radius 1 is 1.18 bits per heavy atom. The van der Waals surface area contributed by atoms with Gasteiger partial charge in [0.05, 0.1) is 17.8 Å². The maximum absolute atomic E-state index is 6.29. The molecule has 0 bridgehead atoms. The predicted octanol–water partition coefficient (Wildman–Crippen LogP) is 2.91. The topological polar surface area (TPSA) is 94.5 Å². The molecule has 5 heterocycles. The number of nitrogens with two attached hydrogens (primary N) is 1. The van der Waals surface area contributed by atoms with E-state index in [1.54, 1.807) is 12.5 Å². The third-order valence-corrected chi connectivity index (χ3v) is 7.21. The van der Waals surface area contributed by atoms with Crippen LogP contribution >= 0.6 is 23.4 Å². The lowest BCUT2D eigenvalue weighted by Crippen LogP contribution is -2.41. The van der Waals surface area contributed by atoms with E-state index in [1.165, 1.54) is 18.2 Å². The zero-order chi connectivity index (χ0) is 19.1. The fraction of sp³-hybridized carbons (Fsp3) is 0.444.